The molecule has 119 valence electrons. The first-order chi connectivity index (χ1) is 9.42. The molecule has 0 bridgehead atoms. The van der Waals surface area contributed by atoms with Crippen LogP contribution in [0, 0.1) is 0 Å². The van der Waals surface area contributed by atoms with Gasteiger partial charge >= 0.3 is 0 Å². The van der Waals surface area contributed by atoms with E-state index >= 15 is 0 Å². The molecule has 1 atom stereocenters. The SMILES string of the molecule is CCCCC(=O)CC(CCCC)O[Si](C(C)C)C(C)C. The van der Waals surface area contributed by atoms with Gasteiger partial charge in [0, 0.05) is 12.8 Å². The molecule has 0 heterocycles. The monoisotopic (exact) mass is 299 g/mol. The molecule has 3 heteroatoms. The van der Waals surface area contributed by atoms with E-state index in [9.17, 15) is 4.79 Å². The Morgan fingerprint density at radius 2 is 1.55 bits per heavy atom. The molecule has 1 radical (unpaired) electrons. The fourth-order valence-corrected chi connectivity index (χ4v) is 4.96. The Morgan fingerprint density at radius 1 is 1.00 bits per heavy atom. The Kier molecular flexibility index (Phi) is 11.4. The predicted molar refractivity (Wildman–Crippen MR) is 89.5 cm³/mol. The third-order valence-corrected chi connectivity index (χ3v) is 6.47. The fourth-order valence-electron chi connectivity index (χ4n) is 2.50. The van der Waals surface area contributed by atoms with Crippen LogP contribution in [0.5, 0.6) is 0 Å². The lowest BCUT2D eigenvalue weighted by atomic mass is 10.0. The van der Waals surface area contributed by atoms with Crippen molar-refractivity contribution in [2.75, 3.05) is 0 Å². The van der Waals surface area contributed by atoms with Crippen molar-refractivity contribution < 1.29 is 9.22 Å². The molecule has 0 N–H and O–H groups in total. The minimum absolute atomic E-state index is 0.165. The normalized spacial score (nSPS) is 13.4. The number of Topliss-reactive ketones (excluding diaryl/α,β-unsaturated/α-hetero) is 1. The number of rotatable bonds is 12. The molecule has 2 nitrogen and oxygen atoms in total. The van der Waals surface area contributed by atoms with Crippen LogP contribution in [0.25, 0.3) is 0 Å². The first-order valence-corrected chi connectivity index (χ1v) is 10.0. The lowest BCUT2D eigenvalue weighted by molar-refractivity contribution is -0.120. The predicted octanol–water partition coefficient (Wildman–Crippen LogP) is 5.52. The Bertz CT molecular complexity index is 243. The standard InChI is InChI=1S/C17H35O2Si/c1-7-9-11-16(18)13-17(12-10-8-2)19-20(14(3)4)15(5)6/h14-15,17H,7-13H2,1-6H3. The van der Waals surface area contributed by atoms with Crippen LogP contribution in [0.2, 0.25) is 11.1 Å². The summed E-state index contributed by atoms with van der Waals surface area (Å²) >= 11 is 0. The van der Waals surface area contributed by atoms with Crippen molar-refractivity contribution >= 4 is 14.8 Å². The molecule has 0 spiro atoms. The number of hydrogen-bond donors (Lipinski definition) is 0. The summed E-state index contributed by atoms with van der Waals surface area (Å²) in [5, 5.41) is 0. The largest absolute Gasteiger partial charge is 0.413 e. The maximum Gasteiger partial charge on any atom is 0.217 e. The fraction of sp³-hybridized carbons (Fsp3) is 0.941. The van der Waals surface area contributed by atoms with Crippen molar-refractivity contribution in [1.29, 1.82) is 0 Å². The van der Waals surface area contributed by atoms with E-state index in [-0.39, 0.29) is 6.10 Å². The van der Waals surface area contributed by atoms with Crippen LogP contribution < -0.4 is 0 Å². The van der Waals surface area contributed by atoms with Gasteiger partial charge in [-0.15, -0.1) is 0 Å². The highest BCUT2D eigenvalue weighted by Gasteiger charge is 2.26. The highest BCUT2D eigenvalue weighted by atomic mass is 28.3. The molecule has 0 aliphatic carbocycles. The zero-order valence-electron chi connectivity index (χ0n) is 14.5. The lowest BCUT2D eigenvalue weighted by Crippen LogP contribution is -2.32. The van der Waals surface area contributed by atoms with Crippen molar-refractivity contribution in [3.63, 3.8) is 0 Å². The number of unbranched alkanes of at least 4 members (excludes halogenated alkanes) is 2. The molecular weight excluding hydrogens is 264 g/mol. The topological polar surface area (TPSA) is 26.3 Å². The minimum Gasteiger partial charge on any atom is -0.413 e. The Labute approximate surface area is 128 Å². The van der Waals surface area contributed by atoms with Crippen LogP contribution in [-0.4, -0.2) is 20.9 Å². The second kappa shape index (κ2) is 11.5. The number of carbonyl (C=O) groups is 1. The van der Waals surface area contributed by atoms with Gasteiger partial charge in [0.1, 0.15) is 5.78 Å². The Morgan fingerprint density at radius 3 is 2.00 bits per heavy atom. The number of carbonyl (C=O) groups excluding carboxylic acids is 1. The van der Waals surface area contributed by atoms with Crippen molar-refractivity contribution in [3.05, 3.63) is 0 Å². The van der Waals surface area contributed by atoms with Gasteiger partial charge in [-0.1, -0.05) is 60.8 Å². The zero-order valence-corrected chi connectivity index (χ0v) is 15.5. The summed E-state index contributed by atoms with van der Waals surface area (Å²) in [7, 11) is -0.825. The van der Waals surface area contributed by atoms with E-state index in [0.29, 0.717) is 23.3 Å². The van der Waals surface area contributed by atoms with E-state index in [1.54, 1.807) is 0 Å². The molecule has 0 aromatic heterocycles. The molecule has 0 saturated heterocycles. The van der Waals surface area contributed by atoms with Gasteiger partial charge in [-0.2, -0.15) is 0 Å². The van der Waals surface area contributed by atoms with Gasteiger partial charge < -0.3 is 4.43 Å². The van der Waals surface area contributed by atoms with Gasteiger partial charge in [0.2, 0.25) is 9.04 Å². The van der Waals surface area contributed by atoms with E-state index in [2.05, 4.69) is 41.5 Å². The summed E-state index contributed by atoms with van der Waals surface area (Å²) in [5.74, 6) is 0.391. The van der Waals surface area contributed by atoms with Gasteiger partial charge in [-0.3, -0.25) is 4.79 Å². The summed E-state index contributed by atoms with van der Waals surface area (Å²) in [6, 6.07) is 0. The maximum atomic E-state index is 12.0. The quantitative estimate of drug-likeness (QED) is 0.443. The van der Waals surface area contributed by atoms with Crippen LogP contribution in [0.15, 0.2) is 0 Å². The van der Waals surface area contributed by atoms with Crippen molar-refractivity contribution in [1.82, 2.24) is 0 Å². The molecule has 0 fully saturated rings. The van der Waals surface area contributed by atoms with Crippen molar-refractivity contribution in [3.8, 4) is 0 Å². The van der Waals surface area contributed by atoms with Crippen LogP contribution in [0.1, 0.15) is 86.5 Å². The average Bonchev–Trinajstić information content (AvgIpc) is 2.38. The third kappa shape index (κ3) is 8.91. The van der Waals surface area contributed by atoms with Crippen LogP contribution >= 0.6 is 0 Å². The number of ketones is 1. The smallest absolute Gasteiger partial charge is 0.217 e. The van der Waals surface area contributed by atoms with Gasteiger partial charge in [0.15, 0.2) is 0 Å². The summed E-state index contributed by atoms with van der Waals surface area (Å²) < 4.78 is 6.41. The van der Waals surface area contributed by atoms with E-state index in [0.717, 1.165) is 32.1 Å². The lowest BCUT2D eigenvalue weighted by Gasteiger charge is -2.28. The second-order valence-electron chi connectivity index (χ2n) is 6.44. The number of hydrogen-bond acceptors (Lipinski definition) is 2. The summed E-state index contributed by atoms with van der Waals surface area (Å²) in [4.78, 5) is 12.0. The zero-order chi connectivity index (χ0) is 15.5. The molecule has 1 unspecified atom stereocenters. The van der Waals surface area contributed by atoms with Crippen LogP contribution in [-0.2, 0) is 9.22 Å². The van der Waals surface area contributed by atoms with Crippen LogP contribution in [0.4, 0.5) is 0 Å². The molecule has 0 aliphatic rings. The van der Waals surface area contributed by atoms with Crippen LogP contribution in [0.3, 0.4) is 0 Å². The first kappa shape index (κ1) is 19.8. The molecule has 0 amide bonds. The molecule has 0 aromatic carbocycles. The summed E-state index contributed by atoms with van der Waals surface area (Å²) in [5.41, 5.74) is 1.21. The Balaban J connectivity index is 4.49. The minimum atomic E-state index is -0.825. The first-order valence-electron chi connectivity index (χ1n) is 8.47. The highest BCUT2D eigenvalue weighted by molar-refractivity contribution is 6.55. The highest BCUT2D eigenvalue weighted by Crippen LogP contribution is 2.25. The Hall–Kier alpha value is -0.153. The molecule has 0 aromatic rings. The molecule has 0 rings (SSSR count). The molecule has 0 saturated carbocycles. The van der Waals surface area contributed by atoms with Gasteiger partial charge in [0.05, 0.1) is 6.10 Å². The molecular formula is C17H35O2Si. The van der Waals surface area contributed by atoms with Gasteiger partial charge in [-0.05, 0) is 23.9 Å². The van der Waals surface area contributed by atoms with Gasteiger partial charge in [0.25, 0.3) is 0 Å². The summed E-state index contributed by atoms with van der Waals surface area (Å²) in [6.07, 6.45) is 7.03. The van der Waals surface area contributed by atoms with Crippen molar-refractivity contribution in [2.45, 2.75) is 104 Å². The maximum absolute atomic E-state index is 12.0. The summed E-state index contributed by atoms with van der Waals surface area (Å²) in [6.45, 7) is 13.4. The third-order valence-electron chi connectivity index (χ3n) is 3.58. The van der Waals surface area contributed by atoms with E-state index in [4.69, 9.17) is 4.43 Å². The second-order valence-corrected chi connectivity index (χ2v) is 9.79. The van der Waals surface area contributed by atoms with E-state index in [1.807, 2.05) is 0 Å². The van der Waals surface area contributed by atoms with E-state index < -0.39 is 9.04 Å². The average molecular weight is 300 g/mol. The van der Waals surface area contributed by atoms with E-state index in [1.165, 1.54) is 6.42 Å². The van der Waals surface area contributed by atoms with Crippen molar-refractivity contribution in [2.24, 2.45) is 0 Å². The molecule has 20 heavy (non-hydrogen) atoms. The van der Waals surface area contributed by atoms with Gasteiger partial charge in [-0.25, -0.2) is 0 Å². The molecule has 0 aliphatic heterocycles.